The minimum atomic E-state index is 0.173. The molecule has 0 heterocycles. The molecule has 6 aromatic rings. The van der Waals surface area contributed by atoms with E-state index in [0.29, 0.717) is 0 Å². The molecule has 0 N–H and O–H groups in total. The van der Waals surface area contributed by atoms with Crippen LogP contribution in [0.25, 0.3) is 33.4 Å². The van der Waals surface area contributed by atoms with Gasteiger partial charge in [-0.2, -0.15) is 0 Å². The molecule has 0 unspecified atom stereocenters. The molecule has 0 aliphatic heterocycles. The van der Waals surface area contributed by atoms with E-state index in [1.807, 2.05) is 0 Å². The fraction of sp³-hybridized carbons (Fsp3) is 0.0526. The van der Waals surface area contributed by atoms with Crippen LogP contribution in [0, 0.1) is 0 Å². The number of fused-ring (bicyclic) bond motifs is 3. The van der Waals surface area contributed by atoms with E-state index >= 15 is 0 Å². The van der Waals surface area contributed by atoms with Gasteiger partial charge >= 0.3 is 0 Å². The fourth-order valence-corrected chi connectivity index (χ4v) is 6.22. The summed E-state index contributed by atoms with van der Waals surface area (Å²) < 4.78 is 0. The van der Waals surface area contributed by atoms with Crippen molar-refractivity contribution in [1.82, 2.24) is 0 Å². The first-order valence-electron chi connectivity index (χ1n) is 13.4. The molecule has 0 saturated carbocycles. The van der Waals surface area contributed by atoms with Crippen LogP contribution in [0.1, 0.15) is 34.1 Å². The summed E-state index contributed by atoms with van der Waals surface area (Å²) in [5.41, 5.74) is 13.2. The van der Waals surface area contributed by atoms with E-state index < -0.39 is 0 Å². The maximum Gasteiger partial charge on any atom is 0.0211 e. The van der Waals surface area contributed by atoms with E-state index in [0.717, 1.165) is 0 Å². The van der Waals surface area contributed by atoms with Gasteiger partial charge in [0.2, 0.25) is 0 Å². The van der Waals surface area contributed by atoms with Crippen molar-refractivity contribution in [3.05, 3.63) is 180 Å². The summed E-state index contributed by atoms with van der Waals surface area (Å²) in [7, 11) is 0. The van der Waals surface area contributed by atoms with Gasteiger partial charge in [-0.1, -0.05) is 158 Å². The molecule has 0 fully saturated rings. The largest absolute Gasteiger partial charge is 0.0622 e. The number of rotatable bonds is 5. The van der Waals surface area contributed by atoms with Gasteiger partial charge in [0.25, 0.3) is 0 Å². The zero-order valence-corrected chi connectivity index (χ0v) is 21.2. The van der Waals surface area contributed by atoms with Crippen LogP contribution < -0.4 is 0 Å². The molecule has 0 bridgehead atoms. The maximum absolute atomic E-state index is 2.40. The van der Waals surface area contributed by atoms with Gasteiger partial charge in [0, 0.05) is 11.8 Å². The molecule has 1 aliphatic carbocycles. The highest BCUT2D eigenvalue weighted by Crippen LogP contribution is 2.53. The fourth-order valence-electron chi connectivity index (χ4n) is 6.22. The SMILES string of the molecule is c1ccc(-c2cccc(C(c3cccc(-c4ccccc4)c3)C3c4ccccc4-c4ccccc43)c2)cc1. The second-order valence-electron chi connectivity index (χ2n) is 10.1. The summed E-state index contributed by atoms with van der Waals surface area (Å²) in [6.07, 6.45) is 0. The Morgan fingerprint density at radius 3 is 1.21 bits per heavy atom. The molecule has 7 rings (SSSR count). The van der Waals surface area contributed by atoms with E-state index in [9.17, 15) is 0 Å². The minimum absolute atomic E-state index is 0.173. The van der Waals surface area contributed by atoms with Crippen molar-refractivity contribution < 1.29 is 0 Å². The Morgan fingerprint density at radius 2 is 0.737 bits per heavy atom. The van der Waals surface area contributed by atoms with Gasteiger partial charge in [0.05, 0.1) is 0 Å². The lowest BCUT2D eigenvalue weighted by Crippen LogP contribution is -2.13. The van der Waals surface area contributed by atoms with E-state index in [1.165, 1.54) is 55.6 Å². The second kappa shape index (κ2) is 9.65. The van der Waals surface area contributed by atoms with Crippen LogP contribution in [0.15, 0.2) is 158 Å². The van der Waals surface area contributed by atoms with Crippen LogP contribution in [-0.4, -0.2) is 0 Å². The Bertz CT molecular complexity index is 1580. The molecule has 0 spiro atoms. The summed E-state index contributed by atoms with van der Waals surface area (Å²) in [5.74, 6) is 0.409. The number of benzene rings is 6. The molecule has 0 atom stereocenters. The lowest BCUT2D eigenvalue weighted by atomic mass is 9.75. The molecule has 1 aliphatic rings. The molecular formula is C38H28. The van der Waals surface area contributed by atoms with Gasteiger partial charge in [-0.25, -0.2) is 0 Å². The third-order valence-corrected chi connectivity index (χ3v) is 7.92. The van der Waals surface area contributed by atoms with Crippen LogP contribution in [-0.2, 0) is 0 Å². The molecule has 6 aromatic carbocycles. The van der Waals surface area contributed by atoms with Gasteiger partial charge in [0.15, 0.2) is 0 Å². The lowest BCUT2D eigenvalue weighted by molar-refractivity contribution is 0.709. The molecule has 0 heteroatoms. The molecular weight excluding hydrogens is 456 g/mol. The predicted octanol–water partition coefficient (Wildman–Crippen LogP) is 9.96. The van der Waals surface area contributed by atoms with Crippen molar-refractivity contribution in [1.29, 1.82) is 0 Å². The maximum atomic E-state index is 2.40. The monoisotopic (exact) mass is 484 g/mol. The molecule has 0 radical (unpaired) electrons. The molecule has 180 valence electrons. The van der Waals surface area contributed by atoms with Gasteiger partial charge in [-0.15, -0.1) is 0 Å². The van der Waals surface area contributed by atoms with Crippen molar-refractivity contribution in [3.8, 4) is 33.4 Å². The van der Waals surface area contributed by atoms with Crippen molar-refractivity contribution in [2.24, 2.45) is 0 Å². The summed E-state index contributed by atoms with van der Waals surface area (Å²) >= 11 is 0. The zero-order valence-electron chi connectivity index (χ0n) is 21.2. The van der Waals surface area contributed by atoms with E-state index in [4.69, 9.17) is 0 Å². The van der Waals surface area contributed by atoms with Gasteiger partial charge in [0.1, 0.15) is 0 Å². The van der Waals surface area contributed by atoms with Crippen LogP contribution in [0.2, 0.25) is 0 Å². The van der Waals surface area contributed by atoms with Crippen molar-refractivity contribution in [2.45, 2.75) is 11.8 Å². The highest BCUT2D eigenvalue weighted by Gasteiger charge is 2.36. The number of hydrogen-bond acceptors (Lipinski definition) is 0. The van der Waals surface area contributed by atoms with Crippen LogP contribution in [0.3, 0.4) is 0 Å². The normalized spacial score (nSPS) is 12.3. The molecule has 0 saturated heterocycles. The van der Waals surface area contributed by atoms with Crippen molar-refractivity contribution in [2.75, 3.05) is 0 Å². The quantitative estimate of drug-likeness (QED) is 0.228. The van der Waals surface area contributed by atoms with E-state index in [2.05, 4.69) is 158 Å². The van der Waals surface area contributed by atoms with E-state index in [-0.39, 0.29) is 11.8 Å². The van der Waals surface area contributed by atoms with Crippen LogP contribution in [0.5, 0.6) is 0 Å². The molecule has 0 aromatic heterocycles. The van der Waals surface area contributed by atoms with Gasteiger partial charge < -0.3 is 0 Å². The van der Waals surface area contributed by atoms with E-state index in [1.54, 1.807) is 0 Å². The summed E-state index contributed by atoms with van der Waals surface area (Å²) in [6, 6.07) is 57.7. The van der Waals surface area contributed by atoms with Crippen molar-refractivity contribution in [3.63, 3.8) is 0 Å². The Kier molecular flexibility index (Phi) is 5.72. The Morgan fingerprint density at radius 1 is 0.342 bits per heavy atom. The van der Waals surface area contributed by atoms with Gasteiger partial charge in [-0.05, 0) is 55.6 Å². The average molecular weight is 485 g/mol. The third-order valence-electron chi connectivity index (χ3n) is 7.92. The second-order valence-corrected chi connectivity index (χ2v) is 10.1. The van der Waals surface area contributed by atoms with Crippen LogP contribution >= 0.6 is 0 Å². The highest BCUT2D eigenvalue weighted by atomic mass is 14.4. The smallest absolute Gasteiger partial charge is 0.0211 e. The third kappa shape index (κ3) is 3.96. The minimum Gasteiger partial charge on any atom is -0.0622 e. The lowest BCUT2D eigenvalue weighted by Gasteiger charge is -2.28. The molecule has 0 nitrogen and oxygen atoms in total. The first-order chi connectivity index (χ1) is 18.9. The van der Waals surface area contributed by atoms with Crippen LogP contribution in [0.4, 0.5) is 0 Å². The standard InChI is InChI=1S/C38H28/c1-3-13-27(14-4-1)29-17-11-19-31(25-29)37(32-20-12-18-30(26-32)28-15-5-2-6-16-28)38-35-23-9-7-21-33(35)34-22-8-10-24-36(34)38/h1-26,37-38H. The number of hydrogen-bond donors (Lipinski definition) is 0. The van der Waals surface area contributed by atoms with Gasteiger partial charge in [-0.3, -0.25) is 0 Å². The first-order valence-corrected chi connectivity index (χ1v) is 13.4. The first kappa shape index (κ1) is 22.5. The topological polar surface area (TPSA) is 0 Å². The summed E-state index contributed by atoms with van der Waals surface area (Å²) in [6.45, 7) is 0. The zero-order chi connectivity index (χ0) is 25.3. The highest BCUT2D eigenvalue weighted by molar-refractivity contribution is 5.80. The summed E-state index contributed by atoms with van der Waals surface area (Å²) in [4.78, 5) is 0. The summed E-state index contributed by atoms with van der Waals surface area (Å²) in [5, 5.41) is 0. The Labute approximate surface area is 224 Å². The predicted molar refractivity (Wildman–Crippen MR) is 159 cm³/mol. The Balaban J connectivity index is 1.45. The average Bonchev–Trinajstić information content (AvgIpc) is 3.33. The Hall–Kier alpha value is -4.68. The molecule has 0 amide bonds. The molecule has 38 heavy (non-hydrogen) atoms. The van der Waals surface area contributed by atoms with Crippen molar-refractivity contribution >= 4 is 0 Å².